The minimum atomic E-state index is -0.0225. The molecule has 0 N–H and O–H groups in total. The highest BCUT2D eigenvalue weighted by atomic mass is 35.5. The van der Waals surface area contributed by atoms with Gasteiger partial charge in [-0.25, -0.2) is 0 Å². The monoisotopic (exact) mass is 293 g/mol. The molecule has 3 nitrogen and oxygen atoms in total. The Morgan fingerprint density at radius 3 is 2.85 bits per heavy atom. The van der Waals surface area contributed by atoms with Gasteiger partial charge in [0.25, 0.3) is 0 Å². The highest BCUT2D eigenvalue weighted by molar-refractivity contribution is 6.18. The highest BCUT2D eigenvalue weighted by Crippen LogP contribution is 2.48. The number of hydrogen-bond donors (Lipinski definition) is 0. The third kappa shape index (κ3) is 2.70. The van der Waals surface area contributed by atoms with Gasteiger partial charge >= 0.3 is 0 Å². The molecule has 2 aliphatic rings. The third-order valence-corrected chi connectivity index (χ3v) is 4.64. The van der Waals surface area contributed by atoms with Crippen LogP contribution in [0, 0.1) is 5.92 Å². The summed E-state index contributed by atoms with van der Waals surface area (Å²) in [5.74, 6) is 1.26. The van der Waals surface area contributed by atoms with Gasteiger partial charge in [0.2, 0.25) is 5.91 Å². The summed E-state index contributed by atoms with van der Waals surface area (Å²) >= 11 is 5.85. The fourth-order valence-corrected chi connectivity index (χ4v) is 3.15. The Morgan fingerprint density at radius 2 is 2.15 bits per heavy atom. The van der Waals surface area contributed by atoms with Gasteiger partial charge in [-0.05, 0) is 24.8 Å². The summed E-state index contributed by atoms with van der Waals surface area (Å²) in [6.45, 7) is 3.26. The summed E-state index contributed by atoms with van der Waals surface area (Å²) in [6, 6.07) is 10.5. The molecule has 3 rings (SSSR count). The molecule has 0 aromatic heterocycles. The zero-order valence-electron chi connectivity index (χ0n) is 11.7. The summed E-state index contributed by atoms with van der Waals surface area (Å²) < 4.78 is 5.61. The first-order valence-electron chi connectivity index (χ1n) is 7.23. The topological polar surface area (TPSA) is 29.5 Å². The van der Waals surface area contributed by atoms with E-state index in [1.165, 1.54) is 5.56 Å². The number of amides is 1. The van der Waals surface area contributed by atoms with E-state index in [1.807, 2.05) is 30.0 Å². The van der Waals surface area contributed by atoms with Crippen LogP contribution in [-0.2, 0) is 9.53 Å². The molecule has 0 spiro atoms. The molecule has 1 aliphatic heterocycles. The van der Waals surface area contributed by atoms with E-state index in [2.05, 4.69) is 12.1 Å². The quantitative estimate of drug-likeness (QED) is 0.802. The van der Waals surface area contributed by atoms with Crippen molar-refractivity contribution >= 4 is 17.5 Å². The van der Waals surface area contributed by atoms with Crippen LogP contribution in [0.5, 0.6) is 0 Å². The lowest BCUT2D eigenvalue weighted by Gasteiger charge is -2.37. The Labute approximate surface area is 124 Å². The van der Waals surface area contributed by atoms with Gasteiger partial charge in [0, 0.05) is 12.5 Å². The number of hydrogen-bond acceptors (Lipinski definition) is 2. The second-order valence-electron chi connectivity index (χ2n) is 5.81. The second-order valence-corrected chi connectivity index (χ2v) is 6.12. The fraction of sp³-hybridized carbons (Fsp3) is 0.562. The van der Waals surface area contributed by atoms with Gasteiger partial charge < -0.3 is 9.64 Å². The van der Waals surface area contributed by atoms with E-state index in [0.29, 0.717) is 24.9 Å². The molecule has 108 valence electrons. The number of rotatable bonds is 3. The van der Waals surface area contributed by atoms with Crippen LogP contribution in [0.2, 0.25) is 0 Å². The first-order valence-corrected chi connectivity index (χ1v) is 7.77. The minimum absolute atomic E-state index is 0.0225. The molecule has 0 radical (unpaired) electrons. The smallest absolute Gasteiger partial charge is 0.226 e. The van der Waals surface area contributed by atoms with Crippen molar-refractivity contribution in [3.05, 3.63) is 35.9 Å². The molecule has 4 unspecified atom stereocenters. The van der Waals surface area contributed by atoms with Crippen LogP contribution in [0.4, 0.5) is 0 Å². The number of nitrogens with zero attached hydrogens (tertiary/aromatic N) is 1. The first kappa shape index (κ1) is 13.9. The molecule has 1 aromatic carbocycles. The SMILES string of the molecule is CC1COC(CCl)CN1C(=O)C1CC1c1ccccc1. The maximum absolute atomic E-state index is 12.6. The van der Waals surface area contributed by atoms with Gasteiger partial charge in [-0.3, -0.25) is 4.79 Å². The van der Waals surface area contributed by atoms with Crippen LogP contribution >= 0.6 is 11.6 Å². The van der Waals surface area contributed by atoms with Crippen LogP contribution in [0.3, 0.4) is 0 Å². The average molecular weight is 294 g/mol. The van der Waals surface area contributed by atoms with E-state index in [9.17, 15) is 4.79 Å². The number of benzene rings is 1. The normalized spacial score (nSPS) is 33.0. The summed E-state index contributed by atoms with van der Waals surface area (Å²) in [4.78, 5) is 14.6. The highest BCUT2D eigenvalue weighted by Gasteiger charge is 2.47. The molecule has 2 fully saturated rings. The summed E-state index contributed by atoms with van der Waals surface area (Å²) in [5.41, 5.74) is 1.28. The Bertz CT molecular complexity index is 479. The molecule has 4 atom stereocenters. The molecule has 0 bridgehead atoms. The molecule has 1 aromatic rings. The van der Waals surface area contributed by atoms with Crippen LogP contribution in [0.1, 0.15) is 24.8 Å². The van der Waals surface area contributed by atoms with Crippen molar-refractivity contribution in [3.63, 3.8) is 0 Å². The lowest BCUT2D eigenvalue weighted by molar-refractivity contribution is -0.144. The Morgan fingerprint density at radius 1 is 1.40 bits per heavy atom. The van der Waals surface area contributed by atoms with Gasteiger partial charge in [-0.2, -0.15) is 0 Å². The van der Waals surface area contributed by atoms with Crippen LogP contribution in [-0.4, -0.2) is 42.0 Å². The maximum atomic E-state index is 12.6. The predicted octanol–water partition coefficient (Wildman–Crippen LogP) is 2.64. The minimum Gasteiger partial charge on any atom is -0.373 e. The van der Waals surface area contributed by atoms with Crippen molar-refractivity contribution in [1.29, 1.82) is 0 Å². The molecular formula is C16H20ClNO2. The van der Waals surface area contributed by atoms with Gasteiger partial charge in [0.05, 0.1) is 24.6 Å². The van der Waals surface area contributed by atoms with Crippen molar-refractivity contribution < 1.29 is 9.53 Å². The lowest BCUT2D eigenvalue weighted by atomic mass is 10.1. The molecule has 1 amide bonds. The van der Waals surface area contributed by atoms with Crippen molar-refractivity contribution in [2.45, 2.75) is 31.4 Å². The van der Waals surface area contributed by atoms with E-state index in [1.54, 1.807) is 0 Å². The number of carbonyl (C=O) groups is 1. The summed E-state index contributed by atoms with van der Waals surface area (Å²) in [6.07, 6.45) is 0.948. The van der Waals surface area contributed by atoms with Gasteiger partial charge in [0.1, 0.15) is 0 Å². The third-order valence-electron chi connectivity index (χ3n) is 4.30. The number of carbonyl (C=O) groups excluding carboxylic acids is 1. The Kier molecular flexibility index (Phi) is 3.99. The van der Waals surface area contributed by atoms with E-state index in [0.717, 1.165) is 6.42 Å². The molecule has 4 heteroatoms. The van der Waals surface area contributed by atoms with E-state index in [4.69, 9.17) is 16.3 Å². The largest absolute Gasteiger partial charge is 0.373 e. The predicted molar refractivity (Wildman–Crippen MR) is 78.9 cm³/mol. The fourth-order valence-electron chi connectivity index (χ4n) is 2.97. The maximum Gasteiger partial charge on any atom is 0.226 e. The van der Waals surface area contributed by atoms with Crippen LogP contribution < -0.4 is 0 Å². The van der Waals surface area contributed by atoms with E-state index < -0.39 is 0 Å². The average Bonchev–Trinajstić information content (AvgIpc) is 3.28. The number of morpholine rings is 1. The molecular weight excluding hydrogens is 274 g/mol. The summed E-state index contributed by atoms with van der Waals surface area (Å²) in [5, 5.41) is 0. The molecule has 1 saturated carbocycles. The second kappa shape index (κ2) is 5.74. The van der Waals surface area contributed by atoms with Crippen molar-refractivity contribution in [1.82, 2.24) is 4.90 Å². The van der Waals surface area contributed by atoms with E-state index in [-0.39, 0.29) is 24.0 Å². The zero-order chi connectivity index (χ0) is 14.1. The number of halogens is 1. The molecule has 20 heavy (non-hydrogen) atoms. The van der Waals surface area contributed by atoms with Gasteiger partial charge in [0.15, 0.2) is 0 Å². The zero-order valence-corrected chi connectivity index (χ0v) is 12.4. The standard InChI is InChI=1S/C16H20ClNO2/c1-11-10-20-13(8-17)9-18(11)16(19)15-7-14(15)12-5-3-2-4-6-12/h2-6,11,13-15H,7-10H2,1H3. The first-order chi connectivity index (χ1) is 9.70. The Hall–Kier alpha value is -1.06. The number of alkyl halides is 1. The van der Waals surface area contributed by atoms with Gasteiger partial charge in [-0.1, -0.05) is 30.3 Å². The van der Waals surface area contributed by atoms with Crippen molar-refractivity contribution in [2.75, 3.05) is 19.0 Å². The molecule has 1 heterocycles. The molecule has 1 aliphatic carbocycles. The van der Waals surface area contributed by atoms with E-state index >= 15 is 0 Å². The summed E-state index contributed by atoms with van der Waals surface area (Å²) in [7, 11) is 0. The van der Waals surface area contributed by atoms with Crippen molar-refractivity contribution in [2.24, 2.45) is 5.92 Å². The van der Waals surface area contributed by atoms with Gasteiger partial charge in [-0.15, -0.1) is 11.6 Å². The lowest BCUT2D eigenvalue weighted by Crippen LogP contribution is -2.52. The van der Waals surface area contributed by atoms with Crippen LogP contribution in [0.25, 0.3) is 0 Å². The number of ether oxygens (including phenoxy) is 1. The van der Waals surface area contributed by atoms with Crippen LogP contribution in [0.15, 0.2) is 30.3 Å². The van der Waals surface area contributed by atoms with Crippen molar-refractivity contribution in [3.8, 4) is 0 Å². The Balaban J connectivity index is 1.65. The molecule has 1 saturated heterocycles.